The highest BCUT2D eigenvalue weighted by Crippen LogP contribution is 2.25. The Balaban J connectivity index is 1.62. The zero-order valence-corrected chi connectivity index (χ0v) is 16.7. The van der Waals surface area contributed by atoms with Crippen molar-refractivity contribution in [3.8, 4) is 28.4 Å². The van der Waals surface area contributed by atoms with Crippen molar-refractivity contribution >= 4 is 17.9 Å². The van der Waals surface area contributed by atoms with Crippen molar-refractivity contribution in [1.29, 1.82) is 0 Å². The summed E-state index contributed by atoms with van der Waals surface area (Å²) >= 11 is 0. The van der Waals surface area contributed by atoms with Gasteiger partial charge in [-0.25, -0.2) is 14.4 Å². The van der Waals surface area contributed by atoms with Crippen molar-refractivity contribution in [1.82, 2.24) is 0 Å². The van der Waals surface area contributed by atoms with Gasteiger partial charge in [0.05, 0.1) is 5.56 Å². The Bertz CT molecular complexity index is 1160. The van der Waals surface area contributed by atoms with Gasteiger partial charge in [-0.1, -0.05) is 37.4 Å². The van der Waals surface area contributed by atoms with Gasteiger partial charge in [-0.3, -0.25) is 0 Å². The molecule has 0 aliphatic heterocycles. The molecular weight excluding hydrogens is 415 g/mol. The molecule has 0 atom stereocenters. The van der Waals surface area contributed by atoms with Crippen LogP contribution >= 0.6 is 0 Å². The van der Waals surface area contributed by atoms with E-state index in [0.717, 1.165) is 17.2 Å². The highest BCUT2D eigenvalue weighted by molar-refractivity contribution is 5.91. The fraction of sp³-hybridized carbons (Fsp3) is 0. The highest BCUT2D eigenvalue weighted by atomic mass is 19.1. The van der Waals surface area contributed by atoms with Crippen LogP contribution in [0.4, 0.5) is 4.39 Å². The van der Waals surface area contributed by atoms with E-state index >= 15 is 0 Å². The maximum atomic E-state index is 12.7. The van der Waals surface area contributed by atoms with Crippen LogP contribution in [0.3, 0.4) is 0 Å². The third kappa shape index (κ3) is 5.76. The number of carbonyl (C=O) groups excluding carboxylic acids is 3. The molecule has 3 aromatic rings. The van der Waals surface area contributed by atoms with Crippen LogP contribution in [0.2, 0.25) is 0 Å². The summed E-state index contributed by atoms with van der Waals surface area (Å²) < 4.78 is 27.8. The number of halogens is 1. The molecule has 0 saturated heterocycles. The molecule has 0 heterocycles. The fourth-order valence-electron chi connectivity index (χ4n) is 2.58. The largest absolute Gasteiger partial charge is 0.423 e. The molecule has 7 heteroatoms. The van der Waals surface area contributed by atoms with Crippen molar-refractivity contribution < 1.29 is 33.0 Å². The Morgan fingerprint density at radius 3 is 1.59 bits per heavy atom. The van der Waals surface area contributed by atoms with E-state index in [-0.39, 0.29) is 17.1 Å². The molecule has 0 aliphatic rings. The van der Waals surface area contributed by atoms with Crippen LogP contribution in [-0.4, -0.2) is 17.9 Å². The summed E-state index contributed by atoms with van der Waals surface area (Å²) in [5, 5.41) is 0. The second-order valence-electron chi connectivity index (χ2n) is 6.38. The van der Waals surface area contributed by atoms with E-state index in [1.807, 2.05) is 0 Å². The maximum absolute atomic E-state index is 12.7. The SMILES string of the molecule is C=CC(=O)Oc1ccc(C(=O)Oc2ccc(-c3ccc(OC(=O)C(=C)F)cc3)cc2)cc1. The first kappa shape index (κ1) is 22.2. The Labute approximate surface area is 183 Å². The van der Waals surface area contributed by atoms with Gasteiger partial charge in [0.1, 0.15) is 17.2 Å². The van der Waals surface area contributed by atoms with E-state index in [0.29, 0.717) is 5.75 Å². The van der Waals surface area contributed by atoms with Gasteiger partial charge in [-0.05, 0) is 59.7 Å². The summed E-state index contributed by atoms with van der Waals surface area (Å²) in [7, 11) is 0. The lowest BCUT2D eigenvalue weighted by Gasteiger charge is -2.08. The molecule has 0 radical (unpaired) electrons. The summed E-state index contributed by atoms with van der Waals surface area (Å²) in [4.78, 5) is 34.7. The molecule has 0 aromatic heterocycles. The monoisotopic (exact) mass is 432 g/mol. The first-order valence-electron chi connectivity index (χ1n) is 9.29. The standard InChI is InChI=1S/C25H17FO6/c1-3-23(27)30-20-14-8-19(9-15-20)25(29)32-22-12-6-18(7-13-22)17-4-10-21(11-5-17)31-24(28)16(2)26/h3-15H,1-2H2. The molecule has 0 spiro atoms. The number of esters is 3. The molecule has 0 fully saturated rings. The van der Waals surface area contributed by atoms with Gasteiger partial charge in [0.15, 0.2) is 0 Å². The molecule has 0 saturated carbocycles. The number of ether oxygens (including phenoxy) is 3. The molecule has 3 rings (SSSR count). The normalized spacial score (nSPS) is 10.0. The Kier molecular flexibility index (Phi) is 6.92. The summed E-state index contributed by atoms with van der Waals surface area (Å²) in [6, 6.07) is 19.1. The van der Waals surface area contributed by atoms with Crippen molar-refractivity contribution in [3.05, 3.63) is 103 Å². The minimum Gasteiger partial charge on any atom is -0.423 e. The summed E-state index contributed by atoms with van der Waals surface area (Å²) in [5.41, 5.74) is 1.92. The van der Waals surface area contributed by atoms with Crippen molar-refractivity contribution in [2.75, 3.05) is 0 Å². The van der Waals surface area contributed by atoms with E-state index in [4.69, 9.17) is 14.2 Å². The summed E-state index contributed by atoms with van der Waals surface area (Å²) in [6.45, 7) is 6.20. The quantitative estimate of drug-likeness (QED) is 0.295. The number of hydrogen-bond donors (Lipinski definition) is 0. The molecule has 0 amide bonds. The molecule has 0 N–H and O–H groups in total. The van der Waals surface area contributed by atoms with Crippen LogP contribution in [0.1, 0.15) is 10.4 Å². The molecule has 32 heavy (non-hydrogen) atoms. The first-order valence-corrected chi connectivity index (χ1v) is 9.29. The number of benzene rings is 3. The lowest BCUT2D eigenvalue weighted by molar-refractivity contribution is -0.131. The fourth-order valence-corrected chi connectivity index (χ4v) is 2.58. The topological polar surface area (TPSA) is 78.9 Å². The van der Waals surface area contributed by atoms with Gasteiger partial charge >= 0.3 is 17.9 Å². The Hall–Kier alpha value is -4.52. The molecule has 0 aliphatic carbocycles. The zero-order valence-electron chi connectivity index (χ0n) is 16.7. The molecule has 0 unspecified atom stereocenters. The van der Waals surface area contributed by atoms with Gasteiger partial charge in [0, 0.05) is 6.08 Å². The molecule has 0 bridgehead atoms. The molecule has 160 valence electrons. The number of hydrogen-bond acceptors (Lipinski definition) is 6. The second-order valence-corrected chi connectivity index (χ2v) is 6.38. The minimum absolute atomic E-state index is 0.188. The van der Waals surface area contributed by atoms with Crippen LogP contribution < -0.4 is 14.2 Å². The summed E-state index contributed by atoms with van der Waals surface area (Å²) in [5.74, 6) is -2.67. The van der Waals surface area contributed by atoms with Crippen LogP contribution in [0.25, 0.3) is 11.1 Å². The van der Waals surface area contributed by atoms with E-state index in [1.165, 1.54) is 36.4 Å². The number of carbonyl (C=O) groups is 3. The number of rotatable bonds is 7. The summed E-state index contributed by atoms with van der Waals surface area (Å²) in [6.07, 6.45) is 1.04. The predicted octanol–water partition coefficient (Wildman–Crippen LogP) is 5.05. The van der Waals surface area contributed by atoms with E-state index < -0.39 is 23.7 Å². The second kappa shape index (κ2) is 9.99. The lowest BCUT2D eigenvalue weighted by Crippen LogP contribution is -2.09. The lowest BCUT2D eigenvalue weighted by atomic mass is 10.1. The van der Waals surface area contributed by atoms with Crippen molar-refractivity contribution in [3.63, 3.8) is 0 Å². The zero-order chi connectivity index (χ0) is 23.1. The van der Waals surface area contributed by atoms with Crippen LogP contribution in [0.15, 0.2) is 97.9 Å². The van der Waals surface area contributed by atoms with Crippen LogP contribution in [-0.2, 0) is 9.59 Å². The van der Waals surface area contributed by atoms with Gasteiger partial charge in [-0.2, -0.15) is 4.39 Å². The van der Waals surface area contributed by atoms with Gasteiger partial charge in [-0.15, -0.1) is 0 Å². The molecule has 3 aromatic carbocycles. The van der Waals surface area contributed by atoms with E-state index in [1.54, 1.807) is 36.4 Å². The van der Waals surface area contributed by atoms with Crippen LogP contribution in [0.5, 0.6) is 17.2 Å². The minimum atomic E-state index is -1.17. The van der Waals surface area contributed by atoms with Gasteiger partial charge in [0.2, 0.25) is 5.83 Å². The average Bonchev–Trinajstić information content (AvgIpc) is 2.80. The highest BCUT2D eigenvalue weighted by Gasteiger charge is 2.11. The molecule has 6 nitrogen and oxygen atoms in total. The third-order valence-corrected chi connectivity index (χ3v) is 4.16. The van der Waals surface area contributed by atoms with Gasteiger partial charge in [0.25, 0.3) is 0 Å². The first-order chi connectivity index (χ1) is 15.4. The Morgan fingerprint density at radius 1 is 0.688 bits per heavy atom. The Morgan fingerprint density at radius 2 is 1.12 bits per heavy atom. The molecular formula is C25H17FO6. The van der Waals surface area contributed by atoms with E-state index in [9.17, 15) is 18.8 Å². The predicted molar refractivity (Wildman–Crippen MR) is 115 cm³/mol. The average molecular weight is 432 g/mol. The van der Waals surface area contributed by atoms with Crippen LogP contribution in [0, 0.1) is 0 Å². The van der Waals surface area contributed by atoms with Crippen molar-refractivity contribution in [2.45, 2.75) is 0 Å². The van der Waals surface area contributed by atoms with Gasteiger partial charge < -0.3 is 14.2 Å². The van der Waals surface area contributed by atoms with E-state index in [2.05, 4.69) is 13.2 Å². The smallest absolute Gasteiger partial charge is 0.371 e. The maximum Gasteiger partial charge on any atom is 0.371 e. The van der Waals surface area contributed by atoms with Crippen molar-refractivity contribution in [2.24, 2.45) is 0 Å². The third-order valence-electron chi connectivity index (χ3n) is 4.16.